The van der Waals surface area contributed by atoms with Crippen LogP contribution in [0.25, 0.3) is 0 Å². The van der Waals surface area contributed by atoms with E-state index in [0.29, 0.717) is 5.82 Å². The Hall–Kier alpha value is -2.24. The van der Waals surface area contributed by atoms with E-state index in [-0.39, 0.29) is 12.1 Å². The molecule has 21 heavy (non-hydrogen) atoms. The van der Waals surface area contributed by atoms with Crippen molar-refractivity contribution >= 4 is 11.5 Å². The van der Waals surface area contributed by atoms with Crippen molar-refractivity contribution in [2.45, 2.75) is 19.6 Å². The van der Waals surface area contributed by atoms with Crippen molar-refractivity contribution in [1.82, 2.24) is 4.98 Å². The number of hydrogen-bond donors (Lipinski definition) is 2. The van der Waals surface area contributed by atoms with Crippen molar-refractivity contribution < 1.29 is 13.2 Å². The molecule has 2 rings (SSSR count). The fraction of sp³-hybridized carbons (Fsp3) is 0.267. The number of aromatic nitrogens is 1. The Balaban J connectivity index is 2.12. The quantitative estimate of drug-likeness (QED) is 0.870. The lowest BCUT2D eigenvalue weighted by atomic mass is 10.1. The van der Waals surface area contributed by atoms with Crippen molar-refractivity contribution in [1.29, 1.82) is 0 Å². The van der Waals surface area contributed by atoms with Crippen LogP contribution in [0.1, 0.15) is 18.1 Å². The molecule has 0 spiro atoms. The van der Waals surface area contributed by atoms with E-state index in [2.05, 4.69) is 15.6 Å². The van der Waals surface area contributed by atoms with Gasteiger partial charge in [-0.2, -0.15) is 13.2 Å². The molecule has 1 aromatic carbocycles. The van der Waals surface area contributed by atoms with Crippen molar-refractivity contribution in [3.8, 4) is 0 Å². The number of pyridine rings is 1. The standard InChI is InChI=1S/C15H16F3N3/c1-2-19-14-9-12(7-8-20-14)21-10-11-5-3-4-6-13(11)15(16,17)18/h3-9H,2,10H2,1H3,(H2,19,20,21). The number of halogens is 3. The minimum Gasteiger partial charge on any atom is -0.381 e. The maximum Gasteiger partial charge on any atom is 0.416 e. The third kappa shape index (κ3) is 4.11. The zero-order valence-electron chi connectivity index (χ0n) is 11.5. The van der Waals surface area contributed by atoms with Crippen LogP contribution in [0.2, 0.25) is 0 Å². The first-order valence-corrected chi connectivity index (χ1v) is 6.59. The van der Waals surface area contributed by atoms with Crippen LogP contribution in [0.3, 0.4) is 0 Å². The summed E-state index contributed by atoms with van der Waals surface area (Å²) in [4.78, 5) is 4.11. The zero-order valence-corrected chi connectivity index (χ0v) is 11.5. The van der Waals surface area contributed by atoms with Gasteiger partial charge < -0.3 is 10.6 Å². The average molecular weight is 295 g/mol. The van der Waals surface area contributed by atoms with Crippen LogP contribution in [0, 0.1) is 0 Å². The Kier molecular flexibility index (Phi) is 4.67. The molecule has 0 aliphatic heterocycles. The molecule has 0 saturated heterocycles. The fourth-order valence-corrected chi connectivity index (χ4v) is 1.97. The summed E-state index contributed by atoms with van der Waals surface area (Å²) in [6.45, 7) is 2.78. The highest BCUT2D eigenvalue weighted by Crippen LogP contribution is 2.32. The fourth-order valence-electron chi connectivity index (χ4n) is 1.97. The van der Waals surface area contributed by atoms with Crippen LogP contribution < -0.4 is 10.6 Å². The van der Waals surface area contributed by atoms with E-state index in [0.717, 1.165) is 18.3 Å². The van der Waals surface area contributed by atoms with Crippen LogP contribution in [0.4, 0.5) is 24.7 Å². The second-order valence-electron chi connectivity index (χ2n) is 4.47. The highest BCUT2D eigenvalue weighted by atomic mass is 19.4. The number of nitrogens with zero attached hydrogens (tertiary/aromatic N) is 1. The molecular formula is C15H16F3N3. The van der Waals surface area contributed by atoms with Gasteiger partial charge in [0.25, 0.3) is 0 Å². The first-order valence-electron chi connectivity index (χ1n) is 6.59. The van der Waals surface area contributed by atoms with E-state index in [9.17, 15) is 13.2 Å². The molecule has 1 heterocycles. The van der Waals surface area contributed by atoms with Gasteiger partial charge in [-0.1, -0.05) is 18.2 Å². The highest BCUT2D eigenvalue weighted by molar-refractivity contribution is 5.52. The molecule has 0 aliphatic rings. The molecule has 0 radical (unpaired) electrons. The van der Waals surface area contributed by atoms with Crippen molar-refractivity contribution in [3.05, 3.63) is 53.7 Å². The van der Waals surface area contributed by atoms with Crippen molar-refractivity contribution in [2.24, 2.45) is 0 Å². The molecule has 2 aromatic rings. The molecule has 0 amide bonds. The number of rotatable bonds is 5. The first kappa shape index (κ1) is 15.2. The Morgan fingerprint density at radius 2 is 1.86 bits per heavy atom. The second kappa shape index (κ2) is 6.47. The number of hydrogen-bond acceptors (Lipinski definition) is 3. The molecule has 112 valence electrons. The van der Waals surface area contributed by atoms with E-state index in [1.165, 1.54) is 12.1 Å². The number of benzene rings is 1. The summed E-state index contributed by atoms with van der Waals surface area (Å²) < 4.78 is 38.7. The third-order valence-electron chi connectivity index (χ3n) is 2.92. The van der Waals surface area contributed by atoms with Gasteiger partial charge >= 0.3 is 6.18 Å². The van der Waals surface area contributed by atoms with Gasteiger partial charge in [0, 0.05) is 31.0 Å². The average Bonchev–Trinajstić information content (AvgIpc) is 2.45. The molecule has 1 aromatic heterocycles. The summed E-state index contributed by atoms with van der Waals surface area (Å²) in [5.74, 6) is 0.687. The van der Waals surface area contributed by atoms with E-state index in [1.54, 1.807) is 24.4 Å². The van der Waals surface area contributed by atoms with Gasteiger partial charge in [-0.05, 0) is 24.6 Å². The van der Waals surface area contributed by atoms with Gasteiger partial charge in [0.1, 0.15) is 5.82 Å². The molecule has 2 N–H and O–H groups in total. The molecule has 6 heteroatoms. The molecular weight excluding hydrogens is 279 g/mol. The van der Waals surface area contributed by atoms with Gasteiger partial charge in [0.05, 0.1) is 5.56 Å². The number of nitrogens with one attached hydrogen (secondary N) is 2. The van der Waals surface area contributed by atoms with Crippen LogP contribution in [0.15, 0.2) is 42.6 Å². The van der Waals surface area contributed by atoms with Gasteiger partial charge in [-0.15, -0.1) is 0 Å². The molecule has 3 nitrogen and oxygen atoms in total. The summed E-state index contributed by atoms with van der Waals surface area (Å²) in [5.41, 5.74) is 0.322. The highest BCUT2D eigenvalue weighted by Gasteiger charge is 2.32. The lowest BCUT2D eigenvalue weighted by Crippen LogP contribution is -2.11. The smallest absolute Gasteiger partial charge is 0.381 e. The zero-order chi connectivity index (χ0) is 15.3. The Labute approximate surface area is 121 Å². The van der Waals surface area contributed by atoms with E-state index >= 15 is 0 Å². The van der Waals surface area contributed by atoms with Gasteiger partial charge in [0.2, 0.25) is 0 Å². The summed E-state index contributed by atoms with van der Waals surface area (Å²) in [6.07, 6.45) is -2.73. The predicted octanol–water partition coefficient (Wildman–Crippen LogP) is 4.14. The minimum absolute atomic E-state index is 0.102. The Morgan fingerprint density at radius 1 is 1.10 bits per heavy atom. The third-order valence-corrected chi connectivity index (χ3v) is 2.92. The summed E-state index contributed by atoms with van der Waals surface area (Å²) in [5, 5.41) is 6.04. The molecule has 0 saturated carbocycles. The molecule has 0 aliphatic carbocycles. The minimum atomic E-state index is -4.34. The summed E-state index contributed by atoms with van der Waals surface area (Å²) in [6, 6.07) is 9.04. The largest absolute Gasteiger partial charge is 0.416 e. The first-order chi connectivity index (χ1) is 10.0. The molecule has 0 bridgehead atoms. The van der Waals surface area contributed by atoms with E-state index < -0.39 is 11.7 Å². The predicted molar refractivity (Wildman–Crippen MR) is 77.2 cm³/mol. The molecule has 0 fully saturated rings. The van der Waals surface area contributed by atoms with Crippen LogP contribution in [0.5, 0.6) is 0 Å². The van der Waals surface area contributed by atoms with Gasteiger partial charge in [-0.25, -0.2) is 4.98 Å². The lowest BCUT2D eigenvalue weighted by Gasteiger charge is -2.14. The normalized spacial score (nSPS) is 11.2. The van der Waals surface area contributed by atoms with Gasteiger partial charge in [0.15, 0.2) is 0 Å². The van der Waals surface area contributed by atoms with E-state index in [4.69, 9.17) is 0 Å². The maximum absolute atomic E-state index is 12.9. The van der Waals surface area contributed by atoms with E-state index in [1.807, 2.05) is 6.92 Å². The Morgan fingerprint density at radius 3 is 2.57 bits per heavy atom. The van der Waals surface area contributed by atoms with Crippen molar-refractivity contribution in [3.63, 3.8) is 0 Å². The van der Waals surface area contributed by atoms with Gasteiger partial charge in [-0.3, -0.25) is 0 Å². The number of alkyl halides is 3. The summed E-state index contributed by atoms with van der Waals surface area (Å²) >= 11 is 0. The molecule has 0 atom stereocenters. The molecule has 0 unspecified atom stereocenters. The monoisotopic (exact) mass is 295 g/mol. The summed E-state index contributed by atoms with van der Waals surface area (Å²) in [7, 11) is 0. The Bertz CT molecular complexity index is 597. The van der Waals surface area contributed by atoms with Crippen LogP contribution in [-0.4, -0.2) is 11.5 Å². The number of anilines is 2. The lowest BCUT2D eigenvalue weighted by molar-refractivity contribution is -0.138. The topological polar surface area (TPSA) is 37.0 Å². The maximum atomic E-state index is 12.9. The van der Waals surface area contributed by atoms with Crippen LogP contribution in [-0.2, 0) is 12.7 Å². The SMILES string of the molecule is CCNc1cc(NCc2ccccc2C(F)(F)F)ccn1. The second-order valence-corrected chi connectivity index (χ2v) is 4.47. The van der Waals surface area contributed by atoms with Crippen molar-refractivity contribution in [2.75, 3.05) is 17.2 Å². The van der Waals surface area contributed by atoms with Crippen LogP contribution >= 0.6 is 0 Å².